The van der Waals surface area contributed by atoms with E-state index in [1.54, 1.807) is 7.11 Å². The standard InChI is InChI=1S/C17H26N2O2/c1-20-16-5-4-13(12-19-16)10-15(18)14-6-9-21-17(11-14)7-2-3-8-17/h4-5,12,14-15H,2-3,6-11,18H2,1H3. The van der Waals surface area contributed by atoms with E-state index in [1.807, 2.05) is 12.3 Å². The van der Waals surface area contributed by atoms with E-state index < -0.39 is 0 Å². The summed E-state index contributed by atoms with van der Waals surface area (Å²) in [5.74, 6) is 1.22. The molecule has 2 atom stereocenters. The van der Waals surface area contributed by atoms with Gasteiger partial charge in [-0.15, -0.1) is 0 Å². The first-order valence-corrected chi connectivity index (χ1v) is 8.09. The molecule has 4 nitrogen and oxygen atoms in total. The Morgan fingerprint density at radius 2 is 2.24 bits per heavy atom. The van der Waals surface area contributed by atoms with Gasteiger partial charge in [0.25, 0.3) is 0 Å². The average Bonchev–Trinajstić information content (AvgIpc) is 2.96. The summed E-state index contributed by atoms with van der Waals surface area (Å²) in [5.41, 5.74) is 7.83. The van der Waals surface area contributed by atoms with E-state index in [1.165, 1.54) is 31.2 Å². The molecule has 2 N–H and O–H groups in total. The van der Waals surface area contributed by atoms with Crippen LogP contribution in [0, 0.1) is 5.92 Å². The van der Waals surface area contributed by atoms with Gasteiger partial charge in [-0.2, -0.15) is 0 Å². The fourth-order valence-corrected chi connectivity index (χ4v) is 3.89. The van der Waals surface area contributed by atoms with Crippen LogP contribution in [0.4, 0.5) is 0 Å². The number of methoxy groups -OCH3 is 1. The maximum Gasteiger partial charge on any atom is 0.212 e. The smallest absolute Gasteiger partial charge is 0.212 e. The number of aromatic nitrogens is 1. The van der Waals surface area contributed by atoms with Crippen LogP contribution in [-0.2, 0) is 11.2 Å². The number of hydrogen-bond acceptors (Lipinski definition) is 4. The Hall–Kier alpha value is -1.13. The number of hydrogen-bond donors (Lipinski definition) is 1. The molecule has 21 heavy (non-hydrogen) atoms. The van der Waals surface area contributed by atoms with E-state index in [2.05, 4.69) is 11.1 Å². The second kappa shape index (κ2) is 6.32. The molecule has 1 aromatic heterocycles. The molecule has 2 heterocycles. The summed E-state index contributed by atoms with van der Waals surface area (Å²) in [7, 11) is 1.64. The monoisotopic (exact) mass is 290 g/mol. The summed E-state index contributed by atoms with van der Waals surface area (Å²) >= 11 is 0. The molecule has 116 valence electrons. The van der Waals surface area contributed by atoms with Gasteiger partial charge in [-0.05, 0) is 43.6 Å². The fourth-order valence-electron chi connectivity index (χ4n) is 3.89. The molecular weight excluding hydrogens is 264 g/mol. The van der Waals surface area contributed by atoms with Crippen LogP contribution in [0.2, 0.25) is 0 Å². The Morgan fingerprint density at radius 1 is 1.43 bits per heavy atom. The molecule has 0 bridgehead atoms. The molecule has 4 heteroatoms. The summed E-state index contributed by atoms with van der Waals surface area (Å²) < 4.78 is 11.2. The summed E-state index contributed by atoms with van der Waals surface area (Å²) in [4.78, 5) is 4.26. The van der Waals surface area contributed by atoms with Gasteiger partial charge < -0.3 is 15.2 Å². The molecule has 2 aliphatic rings. The van der Waals surface area contributed by atoms with Crippen molar-refractivity contribution in [2.75, 3.05) is 13.7 Å². The van der Waals surface area contributed by atoms with Crippen LogP contribution in [0.15, 0.2) is 18.3 Å². The second-order valence-electron chi connectivity index (χ2n) is 6.57. The summed E-state index contributed by atoms with van der Waals surface area (Å²) in [5, 5.41) is 0. The highest BCUT2D eigenvalue weighted by Gasteiger charge is 2.41. The molecule has 1 saturated carbocycles. The van der Waals surface area contributed by atoms with E-state index >= 15 is 0 Å². The largest absolute Gasteiger partial charge is 0.481 e. The molecular formula is C17H26N2O2. The zero-order valence-electron chi connectivity index (χ0n) is 12.9. The lowest BCUT2D eigenvalue weighted by molar-refractivity contribution is -0.0960. The van der Waals surface area contributed by atoms with Gasteiger partial charge in [0.1, 0.15) is 0 Å². The topological polar surface area (TPSA) is 57.4 Å². The van der Waals surface area contributed by atoms with Crippen LogP contribution in [0.25, 0.3) is 0 Å². The van der Waals surface area contributed by atoms with Gasteiger partial charge in [0.05, 0.1) is 12.7 Å². The minimum atomic E-state index is 0.151. The second-order valence-corrected chi connectivity index (χ2v) is 6.57. The lowest BCUT2D eigenvalue weighted by atomic mass is 9.79. The van der Waals surface area contributed by atoms with E-state index in [9.17, 15) is 0 Å². The van der Waals surface area contributed by atoms with Crippen molar-refractivity contribution in [2.24, 2.45) is 11.7 Å². The summed E-state index contributed by atoms with van der Waals surface area (Å²) in [6, 6.07) is 4.17. The van der Waals surface area contributed by atoms with Crippen LogP contribution in [0.1, 0.15) is 44.1 Å². The molecule has 2 fully saturated rings. The Kier molecular flexibility index (Phi) is 4.45. The molecule has 1 spiro atoms. The lowest BCUT2D eigenvalue weighted by Gasteiger charge is -2.40. The average molecular weight is 290 g/mol. The predicted molar refractivity (Wildman–Crippen MR) is 82.3 cm³/mol. The van der Waals surface area contributed by atoms with Gasteiger partial charge in [0.15, 0.2) is 0 Å². The van der Waals surface area contributed by atoms with Crippen molar-refractivity contribution in [1.82, 2.24) is 4.98 Å². The number of nitrogens with two attached hydrogens (primary N) is 1. The third-order valence-corrected chi connectivity index (χ3v) is 5.13. The number of nitrogens with zero attached hydrogens (tertiary/aromatic N) is 1. The van der Waals surface area contributed by atoms with Crippen molar-refractivity contribution in [2.45, 2.75) is 56.6 Å². The molecule has 3 rings (SSSR count). The zero-order chi connectivity index (χ0) is 14.7. The molecule has 1 saturated heterocycles. The SMILES string of the molecule is COc1ccc(CC(N)C2CCOC3(CCCC3)C2)cn1. The van der Waals surface area contributed by atoms with Crippen molar-refractivity contribution in [3.8, 4) is 5.88 Å². The minimum Gasteiger partial charge on any atom is -0.481 e. The molecule has 0 amide bonds. The maximum atomic E-state index is 6.49. The van der Waals surface area contributed by atoms with E-state index in [0.717, 1.165) is 25.9 Å². The molecule has 0 radical (unpaired) electrons. The van der Waals surface area contributed by atoms with Gasteiger partial charge in [-0.3, -0.25) is 0 Å². The molecule has 1 aliphatic carbocycles. The highest BCUT2D eigenvalue weighted by atomic mass is 16.5. The molecule has 1 aromatic rings. The normalized spacial score (nSPS) is 25.9. The number of pyridine rings is 1. The van der Waals surface area contributed by atoms with Crippen LogP contribution in [0.3, 0.4) is 0 Å². The molecule has 1 aliphatic heterocycles. The predicted octanol–water partition coefficient (Wildman–Crippen LogP) is 2.70. The van der Waals surface area contributed by atoms with Crippen LogP contribution >= 0.6 is 0 Å². The Bertz CT molecular complexity index is 454. The third kappa shape index (κ3) is 3.38. The first-order chi connectivity index (χ1) is 10.2. The van der Waals surface area contributed by atoms with Crippen molar-refractivity contribution in [3.05, 3.63) is 23.9 Å². The zero-order valence-corrected chi connectivity index (χ0v) is 12.9. The number of rotatable bonds is 4. The maximum absolute atomic E-state index is 6.49. The summed E-state index contributed by atoms with van der Waals surface area (Å²) in [6.45, 7) is 0.874. The quantitative estimate of drug-likeness (QED) is 0.926. The Morgan fingerprint density at radius 3 is 2.90 bits per heavy atom. The highest BCUT2D eigenvalue weighted by molar-refractivity contribution is 5.18. The van der Waals surface area contributed by atoms with Gasteiger partial charge in [0.2, 0.25) is 5.88 Å². The van der Waals surface area contributed by atoms with Crippen LogP contribution in [0.5, 0.6) is 5.88 Å². The summed E-state index contributed by atoms with van der Waals surface area (Å²) in [6.07, 6.45) is 10.1. The Labute approximate surface area is 127 Å². The third-order valence-electron chi connectivity index (χ3n) is 5.13. The van der Waals surface area contributed by atoms with Crippen molar-refractivity contribution < 1.29 is 9.47 Å². The van der Waals surface area contributed by atoms with Gasteiger partial charge >= 0.3 is 0 Å². The van der Waals surface area contributed by atoms with Gasteiger partial charge in [-0.1, -0.05) is 18.9 Å². The first kappa shape index (κ1) is 14.8. The van der Waals surface area contributed by atoms with Crippen molar-refractivity contribution >= 4 is 0 Å². The fraction of sp³-hybridized carbons (Fsp3) is 0.706. The minimum absolute atomic E-state index is 0.151. The lowest BCUT2D eigenvalue weighted by Crippen LogP contribution is -2.44. The number of ether oxygens (including phenoxy) is 2. The molecule has 0 aromatic carbocycles. The first-order valence-electron chi connectivity index (χ1n) is 8.09. The Balaban J connectivity index is 1.60. The van der Waals surface area contributed by atoms with Crippen LogP contribution in [-0.4, -0.2) is 30.3 Å². The van der Waals surface area contributed by atoms with Crippen LogP contribution < -0.4 is 10.5 Å². The van der Waals surface area contributed by atoms with Crippen molar-refractivity contribution in [1.29, 1.82) is 0 Å². The van der Waals surface area contributed by atoms with Crippen molar-refractivity contribution in [3.63, 3.8) is 0 Å². The van der Waals surface area contributed by atoms with Gasteiger partial charge in [-0.25, -0.2) is 4.98 Å². The van der Waals surface area contributed by atoms with E-state index in [-0.39, 0.29) is 11.6 Å². The van der Waals surface area contributed by atoms with E-state index in [0.29, 0.717) is 11.8 Å². The highest BCUT2D eigenvalue weighted by Crippen LogP contribution is 2.42. The van der Waals surface area contributed by atoms with Gasteiger partial charge in [0, 0.05) is 24.9 Å². The molecule has 2 unspecified atom stereocenters. The van der Waals surface area contributed by atoms with E-state index in [4.69, 9.17) is 15.2 Å².